The van der Waals surface area contributed by atoms with Crippen LogP contribution in [0.3, 0.4) is 0 Å². The molecule has 17 heavy (non-hydrogen) atoms. The van der Waals surface area contributed by atoms with Crippen LogP contribution >= 0.6 is 0 Å². The maximum absolute atomic E-state index is 11.8. The van der Waals surface area contributed by atoms with Gasteiger partial charge >= 0.3 is 5.69 Å². The lowest BCUT2D eigenvalue weighted by Gasteiger charge is -2.08. The van der Waals surface area contributed by atoms with Crippen LogP contribution < -0.4 is 11.2 Å². The zero-order valence-corrected chi connectivity index (χ0v) is 10.3. The van der Waals surface area contributed by atoms with Crippen molar-refractivity contribution < 1.29 is 0 Å². The first-order chi connectivity index (χ1) is 7.93. The Bertz CT molecular complexity index is 697. The van der Waals surface area contributed by atoms with Gasteiger partial charge in [0, 0.05) is 20.3 Å². The first-order valence-electron chi connectivity index (χ1n) is 5.36. The Morgan fingerprint density at radius 2 is 1.82 bits per heavy atom. The van der Waals surface area contributed by atoms with Crippen molar-refractivity contribution in [2.75, 3.05) is 0 Å². The van der Waals surface area contributed by atoms with Crippen molar-refractivity contribution in [1.29, 1.82) is 0 Å². The summed E-state index contributed by atoms with van der Waals surface area (Å²) in [4.78, 5) is 32.0. The van der Waals surface area contributed by atoms with Gasteiger partial charge in [0.1, 0.15) is 0 Å². The molecular weight excluding hydrogens is 220 g/mol. The van der Waals surface area contributed by atoms with Crippen LogP contribution in [0.2, 0.25) is 0 Å². The van der Waals surface area contributed by atoms with E-state index in [1.54, 1.807) is 13.2 Å². The Labute approximate surface area is 97.6 Å². The van der Waals surface area contributed by atoms with Gasteiger partial charge in [-0.2, -0.15) is 0 Å². The Balaban J connectivity index is 2.97. The van der Waals surface area contributed by atoms with E-state index in [1.807, 2.05) is 13.8 Å². The number of aromatic nitrogens is 4. The molecule has 0 N–H and O–H groups in total. The molecule has 0 aliphatic carbocycles. The molecule has 6 nitrogen and oxygen atoms in total. The molecule has 90 valence electrons. The first-order valence-corrected chi connectivity index (χ1v) is 5.36. The fourth-order valence-corrected chi connectivity index (χ4v) is 1.62. The van der Waals surface area contributed by atoms with E-state index < -0.39 is 11.2 Å². The zero-order valence-electron chi connectivity index (χ0n) is 10.3. The number of aryl methyl sites for hydroxylation is 1. The summed E-state index contributed by atoms with van der Waals surface area (Å²) in [6.45, 7) is 3.96. The summed E-state index contributed by atoms with van der Waals surface area (Å²) in [6.07, 6.45) is 1.58. The quantitative estimate of drug-likeness (QED) is 0.704. The maximum atomic E-state index is 11.8. The van der Waals surface area contributed by atoms with Gasteiger partial charge in [-0.3, -0.25) is 13.9 Å². The van der Waals surface area contributed by atoms with Crippen molar-refractivity contribution in [3.63, 3.8) is 0 Å². The Kier molecular flexibility index (Phi) is 2.57. The molecule has 0 spiro atoms. The van der Waals surface area contributed by atoms with Crippen LogP contribution in [0.5, 0.6) is 0 Å². The molecule has 0 aromatic carbocycles. The van der Waals surface area contributed by atoms with Crippen LogP contribution in [0.4, 0.5) is 0 Å². The highest BCUT2D eigenvalue weighted by molar-refractivity contribution is 5.68. The van der Waals surface area contributed by atoms with Gasteiger partial charge in [-0.1, -0.05) is 13.8 Å². The highest BCUT2D eigenvalue weighted by Crippen LogP contribution is 2.11. The summed E-state index contributed by atoms with van der Waals surface area (Å²) in [5.74, 6) is 0.200. The van der Waals surface area contributed by atoms with Crippen LogP contribution in [0, 0.1) is 0 Å². The molecule has 2 heterocycles. The second kappa shape index (κ2) is 3.80. The van der Waals surface area contributed by atoms with E-state index in [0.29, 0.717) is 5.65 Å². The van der Waals surface area contributed by atoms with Crippen LogP contribution in [-0.2, 0) is 14.1 Å². The van der Waals surface area contributed by atoms with Gasteiger partial charge in [0.25, 0.3) is 5.56 Å². The summed E-state index contributed by atoms with van der Waals surface area (Å²) < 4.78 is 2.38. The Morgan fingerprint density at radius 1 is 1.18 bits per heavy atom. The predicted octanol–water partition coefficient (Wildman–Crippen LogP) is 0.151. The molecule has 2 rings (SSSR count). The first kappa shape index (κ1) is 11.5. The lowest BCUT2D eigenvalue weighted by atomic mass is 10.1. The second-order valence-corrected chi connectivity index (χ2v) is 4.33. The Morgan fingerprint density at radius 3 is 2.41 bits per heavy atom. The van der Waals surface area contributed by atoms with E-state index >= 15 is 0 Å². The molecule has 0 aliphatic heterocycles. The zero-order chi connectivity index (χ0) is 12.7. The van der Waals surface area contributed by atoms with Crippen molar-refractivity contribution >= 4 is 11.2 Å². The molecule has 6 heteroatoms. The SMILES string of the molecule is CC(C)c1cnc2c(=O)n(C)c(=O)n(C)c2n1. The van der Waals surface area contributed by atoms with Gasteiger partial charge < -0.3 is 0 Å². The van der Waals surface area contributed by atoms with Crippen molar-refractivity contribution in [2.24, 2.45) is 14.1 Å². The van der Waals surface area contributed by atoms with Crippen LogP contribution in [0.25, 0.3) is 11.2 Å². The van der Waals surface area contributed by atoms with Gasteiger partial charge in [-0.25, -0.2) is 14.8 Å². The third kappa shape index (κ3) is 1.65. The van der Waals surface area contributed by atoms with Gasteiger partial charge in [0.05, 0.1) is 5.69 Å². The number of rotatable bonds is 1. The molecule has 0 amide bonds. The van der Waals surface area contributed by atoms with Gasteiger partial charge in [-0.05, 0) is 5.92 Å². The molecule has 0 saturated heterocycles. The minimum absolute atomic E-state index is 0.200. The van der Waals surface area contributed by atoms with Crippen molar-refractivity contribution in [2.45, 2.75) is 19.8 Å². The molecule has 0 bridgehead atoms. The smallest absolute Gasteiger partial charge is 0.279 e. The van der Waals surface area contributed by atoms with E-state index in [9.17, 15) is 9.59 Å². The number of hydrogen-bond donors (Lipinski definition) is 0. The van der Waals surface area contributed by atoms with Gasteiger partial charge in [0.2, 0.25) is 0 Å². The average Bonchev–Trinajstić information content (AvgIpc) is 2.32. The normalized spacial score (nSPS) is 11.4. The van der Waals surface area contributed by atoms with Crippen molar-refractivity contribution in [1.82, 2.24) is 19.1 Å². The summed E-state index contributed by atoms with van der Waals surface area (Å²) in [5, 5.41) is 0. The minimum Gasteiger partial charge on any atom is -0.279 e. The van der Waals surface area contributed by atoms with Crippen LogP contribution in [0.15, 0.2) is 15.8 Å². The molecule has 0 unspecified atom stereocenters. The van der Waals surface area contributed by atoms with Crippen LogP contribution in [-0.4, -0.2) is 19.1 Å². The third-order valence-corrected chi connectivity index (χ3v) is 2.76. The lowest BCUT2D eigenvalue weighted by molar-refractivity contribution is 0.698. The highest BCUT2D eigenvalue weighted by Gasteiger charge is 2.12. The maximum Gasteiger partial charge on any atom is 0.332 e. The van der Waals surface area contributed by atoms with Gasteiger partial charge in [0.15, 0.2) is 11.2 Å². The van der Waals surface area contributed by atoms with Crippen molar-refractivity contribution in [3.05, 3.63) is 32.7 Å². The standard InChI is InChI=1S/C11H14N4O2/c1-6(2)7-5-12-8-9(13-7)14(3)11(17)15(4)10(8)16/h5-6H,1-4H3. The second-order valence-electron chi connectivity index (χ2n) is 4.33. The van der Waals surface area contributed by atoms with E-state index in [0.717, 1.165) is 10.3 Å². The lowest BCUT2D eigenvalue weighted by Crippen LogP contribution is -2.37. The summed E-state index contributed by atoms with van der Waals surface area (Å²) in [7, 11) is 3.02. The molecule has 2 aromatic rings. The molecule has 0 fully saturated rings. The fourth-order valence-electron chi connectivity index (χ4n) is 1.62. The van der Waals surface area contributed by atoms with E-state index in [2.05, 4.69) is 9.97 Å². The molecular formula is C11H14N4O2. The number of fused-ring (bicyclic) bond motifs is 1. The molecule has 2 aromatic heterocycles. The molecule has 0 radical (unpaired) electrons. The third-order valence-electron chi connectivity index (χ3n) is 2.76. The van der Waals surface area contributed by atoms with Crippen molar-refractivity contribution in [3.8, 4) is 0 Å². The molecule has 0 atom stereocenters. The van der Waals surface area contributed by atoms with Crippen LogP contribution in [0.1, 0.15) is 25.5 Å². The Hall–Kier alpha value is -1.98. The number of hydrogen-bond acceptors (Lipinski definition) is 4. The fraction of sp³-hybridized carbons (Fsp3) is 0.455. The molecule has 0 aliphatic rings. The van der Waals surface area contributed by atoms with E-state index in [-0.39, 0.29) is 11.4 Å². The minimum atomic E-state index is -0.411. The largest absolute Gasteiger partial charge is 0.332 e. The summed E-state index contributed by atoms with van der Waals surface area (Å²) >= 11 is 0. The average molecular weight is 234 g/mol. The predicted molar refractivity (Wildman–Crippen MR) is 64.1 cm³/mol. The topological polar surface area (TPSA) is 69.8 Å². The summed E-state index contributed by atoms with van der Waals surface area (Å²) in [5.41, 5.74) is 0.521. The summed E-state index contributed by atoms with van der Waals surface area (Å²) in [6, 6.07) is 0. The van der Waals surface area contributed by atoms with E-state index in [4.69, 9.17) is 0 Å². The van der Waals surface area contributed by atoms with Gasteiger partial charge in [-0.15, -0.1) is 0 Å². The van der Waals surface area contributed by atoms with E-state index in [1.165, 1.54) is 11.6 Å². The highest BCUT2D eigenvalue weighted by atomic mass is 16.2. The molecule has 0 saturated carbocycles. The number of nitrogens with zero attached hydrogens (tertiary/aromatic N) is 4. The monoisotopic (exact) mass is 234 g/mol.